The van der Waals surface area contributed by atoms with Gasteiger partial charge in [0.05, 0.1) is 38.8 Å². The number of halogens is 1. The summed E-state index contributed by atoms with van der Waals surface area (Å²) < 4.78 is 16.8. The van der Waals surface area contributed by atoms with Gasteiger partial charge < -0.3 is 9.64 Å². The predicted molar refractivity (Wildman–Crippen MR) is 102 cm³/mol. The molecule has 7 nitrogen and oxygen atoms in total. The van der Waals surface area contributed by atoms with Crippen LogP contribution in [-0.2, 0) is 4.74 Å². The number of morpholine rings is 1. The number of hydrogen-bond acceptors (Lipinski definition) is 5. The summed E-state index contributed by atoms with van der Waals surface area (Å²) in [6.07, 6.45) is 3.56. The standard InChI is InChI=1S/C15H18N6O.C2H6.CH3F/c1-10-7-14(20-5-6-22-9-11(20)2)18-15-12(10)8-17-21(15)13-3-4-16-19-13;2*1-2/h3-4,7-8,11H,5-6,9H2,1-2H3,(H,16,19);1-2H3;1H3. The van der Waals surface area contributed by atoms with Crippen LogP contribution < -0.4 is 4.90 Å². The Morgan fingerprint density at radius 3 is 2.73 bits per heavy atom. The summed E-state index contributed by atoms with van der Waals surface area (Å²) in [6.45, 7) is 10.6. The Bertz CT molecular complexity index is 801. The van der Waals surface area contributed by atoms with E-state index in [9.17, 15) is 4.39 Å². The number of aromatic nitrogens is 5. The molecule has 1 unspecified atom stereocenters. The van der Waals surface area contributed by atoms with Gasteiger partial charge in [0.2, 0.25) is 0 Å². The van der Waals surface area contributed by atoms with E-state index >= 15 is 0 Å². The van der Waals surface area contributed by atoms with Crippen LogP contribution in [0.15, 0.2) is 24.5 Å². The summed E-state index contributed by atoms with van der Waals surface area (Å²) in [5.74, 6) is 1.79. The van der Waals surface area contributed by atoms with Crippen LogP contribution in [0.25, 0.3) is 16.9 Å². The molecule has 3 aromatic rings. The molecule has 1 fully saturated rings. The molecule has 1 saturated heterocycles. The molecule has 1 atom stereocenters. The number of aromatic amines is 1. The number of anilines is 1. The fourth-order valence-electron chi connectivity index (χ4n) is 2.90. The van der Waals surface area contributed by atoms with E-state index in [0.29, 0.717) is 13.2 Å². The van der Waals surface area contributed by atoms with E-state index in [4.69, 9.17) is 9.72 Å². The number of nitrogens with zero attached hydrogens (tertiary/aromatic N) is 5. The SMILES string of the molecule is CC.CF.Cc1cc(N2CCOCC2C)nc2c1cnn2-c1ccn[nH]1. The number of hydrogen-bond donors (Lipinski definition) is 1. The molecule has 8 heteroatoms. The van der Waals surface area contributed by atoms with Gasteiger partial charge in [0.15, 0.2) is 11.5 Å². The van der Waals surface area contributed by atoms with Crippen LogP contribution in [0.2, 0.25) is 0 Å². The second-order valence-electron chi connectivity index (χ2n) is 5.65. The lowest BCUT2D eigenvalue weighted by Crippen LogP contribution is -2.44. The molecule has 1 N–H and O–H groups in total. The van der Waals surface area contributed by atoms with Gasteiger partial charge in [0.1, 0.15) is 5.82 Å². The highest BCUT2D eigenvalue weighted by Crippen LogP contribution is 2.25. The highest BCUT2D eigenvalue weighted by Gasteiger charge is 2.22. The molecular formula is C18H27FN6O. The summed E-state index contributed by atoms with van der Waals surface area (Å²) in [4.78, 5) is 7.14. The summed E-state index contributed by atoms with van der Waals surface area (Å²) in [6, 6.07) is 4.33. The summed E-state index contributed by atoms with van der Waals surface area (Å²) in [5, 5.41) is 12.4. The molecule has 4 heterocycles. The maximum Gasteiger partial charge on any atom is 0.167 e. The molecule has 0 spiro atoms. The number of alkyl halides is 1. The van der Waals surface area contributed by atoms with Crippen LogP contribution in [-0.4, -0.2) is 57.9 Å². The van der Waals surface area contributed by atoms with E-state index in [0.717, 1.165) is 42.4 Å². The third kappa shape index (κ3) is 3.85. The molecule has 0 amide bonds. The molecule has 0 bridgehead atoms. The Morgan fingerprint density at radius 2 is 2.08 bits per heavy atom. The lowest BCUT2D eigenvalue weighted by atomic mass is 10.2. The summed E-state index contributed by atoms with van der Waals surface area (Å²) in [5.41, 5.74) is 2.02. The highest BCUT2D eigenvalue weighted by atomic mass is 19.1. The van der Waals surface area contributed by atoms with Crippen molar-refractivity contribution in [1.29, 1.82) is 0 Å². The fourth-order valence-corrected chi connectivity index (χ4v) is 2.90. The van der Waals surface area contributed by atoms with Gasteiger partial charge in [-0.15, -0.1) is 0 Å². The minimum atomic E-state index is 0.321. The first-order valence-electron chi connectivity index (χ1n) is 8.81. The molecule has 4 rings (SSSR count). The maximum absolute atomic E-state index is 9.50. The van der Waals surface area contributed by atoms with Gasteiger partial charge in [-0.3, -0.25) is 9.49 Å². The van der Waals surface area contributed by atoms with Crippen molar-refractivity contribution in [3.05, 3.63) is 30.1 Å². The molecule has 142 valence electrons. The number of aryl methyl sites for hydroxylation is 1. The number of H-pyrrole nitrogens is 1. The van der Waals surface area contributed by atoms with Crippen LogP contribution in [0.4, 0.5) is 10.2 Å². The van der Waals surface area contributed by atoms with Crippen molar-refractivity contribution in [1.82, 2.24) is 25.0 Å². The van der Waals surface area contributed by atoms with Crippen LogP contribution in [0.5, 0.6) is 0 Å². The number of ether oxygens (including phenoxy) is 1. The summed E-state index contributed by atoms with van der Waals surface area (Å²) in [7, 11) is 0.500. The number of nitrogens with one attached hydrogen (secondary N) is 1. The first kappa shape index (κ1) is 19.8. The van der Waals surface area contributed by atoms with Crippen LogP contribution in [0.3, 0.4) is 0 Å². The molecular weight excluding hydrogens is 335 g/mol. The Kier molecular flexibility index (Phi) is 7.08. The van der Waals surface area contributed by atoms with Crippen LogP contribution in [0, 0.1) is 6.92 Å². The van der Waals surface area contributed by atoms with E-state index in [1.165, 1.54) is 5.56 Å². The van der Waals surface area contributed by atoms with Crippen molar-refractivity contribution in [3.8, 4) is 5.82 Å². The van der Waals surface area contributed by atoms with Gasteiger partial charge in [-0.2, -0.15) is 14.9 Å². The molecule has 1 aliphatic rings. The number of rotatable bonds is 2. The fraction of sp³-hybridized carbons (Fsp3) is 0.500. The van der Waals surface area contributed by atoms with Gasteiger partial charge in [0.25, 0.3) is 0 Å². The van der Waals surface area contributed by atoms with Crippen LogP contribution in [0.1, 0.15) is 26.3 Å². The van der Waals surface area contributed by atoms with Crippen molar-refractivity contribution < 1.29 is 9.13 Å². The quantitative estimate of drug-likeness (QED) is 0.757. The minimum Gasteiger partial charge on any atom is -0.377 e. The minimum absolute atomic E-state index is 0.321. The lowest BCUT2D eigenvalue weighted by Gasteiger charge is -2.34. The summed E-state index contributed by atoms with van der Waals surface area (Å²) >= 11 is 0. The van der Waals surface area contributed by atoms with E-state index < -0.39 is 0 Å². The first-order valence-corrected chi connectivity index (χ1v) is 8.81. The number of fused-ring (bicyclic) bond motifs is 1. The van der Waals surface area contributed by atoms with Crippen LogP contribution >= 0.6 is 0 Å². The molecule has 1 aliphatic heterocycles. The Balaban J connectivity index is 0.000000570. The van der Waals surface area contributed by atoms with E-state index in [1.807, 2.05) is 26.1 Å². The predicted octanol–water partition coefficient (Wildman–Crippen LogP) is 3.29. The van der Waals surface area contributed by atoms with Gasteiger partial charge in [0, 0.05) is 18.0 Å². The van der Waals surface area contributed by atoms with Crippen molar-refractivity contribution in [2.24, 2.45) is 0 Å². The van der Waals surface area contributed by atoms with Crippen molar-refractivity contribution in [2.75, 3.05) is 31.8 Å². The van der Waals surface area contributed by atoms with Gasteiger partial charge in [-0.05, 0) is 25.5 Å². The molecule has 0 aromatic carbocycles. The lowest BCUT2D eigenvalue weighted by molar-refractivity contribution is 0.0985. The van der Waals surface area contributed by atoms with Crippen molar-refractivity contribution in [3.63, 3.8) is 0 Å². The zero-order valence-corrected chi connectivity index (χ0v) is 16.0. The Morgan fingerprint density at radius 1 is 1.31 bits per heavy atom. The highest BCUT2D eigenvalue weighted by molar-refractivity contribution is 5.82. The zero-order valence-electron chi connectivity index (χ0n) is 16.0. The van der Waals surface area contributed by atoms with Crippen molar-refractivity contribution in [2.45, 2.75) is 33.7 Å². The number of pyridine rings is 1. The van der Waals surface area contributed by atoms with E-state index in [1.54, 1.807) is 10.9 Å². The Labute approximate surface area is 153 Å². The normalized spacial score (nSPS) is 16.5. The third-order valence-corrected chi connectivity index (χ3v) is 4.11. The second-order valence-corrected chi connectivity index (χ2v) is 5.65. The van der Waals surface area contributed by atoms with E-state index in [2.05, 4.69) is 40.1 Å². The molecule has 26 heavy (non-hydrogen) atoms. The maximum atomic E-state index is 9.50. The molecule has 0 saturated carbocycles. The zero-order chi connectivity index (χ0) is 19.1. The smallest absolute Gasteiger partial charge is 0.167 e. The molecule has 0 radical (unpaired) electrons. The largest absolute Gasteiger partial charge is 0.377 e. The van der Waals surface area contributed by atoms with Gasteiger partial charge in [-0.1, -0.05) is 13.8 Å². The van der Waals surface area contributed by atoms with Gasteiger partial charge >= 0.3 is 0 Å². The topological polar surface area (TPSA) is 71.9 Å². The first-order chi connectivity index (χ1) is 12.7. The monoisotopic (exact) mass is 362 g/mol. The molecule has 0 aliphatic carbocycles. The average Bonchev–Trinajstić information content (AvgIpc) is 3.35. The average molecular weight is 362 g/mol. The van der Waals surface area contributed by atoms with Gasteiger partial charge in [-0.25, -0.2) is 4.98 Å². The Hall–Kier alpha value is -2.48. The molecule has 3 aromatic heterocycles. The van der Waals surface area contributed by atoms with Crippen molar-refractivity contribution >= 4 is 16.9 Å². The van der Waals surface area contributed by atoms with E-state index in [-0.39, 0.29) is 0 Å². The second kappa shape index (κ2) is 9.28. The third-order valence-electron chi connectivity index (χ3n) is 4.11.